The van der Waals surface area contributed by atoms with Gasteiger partial charge in [0.25, 0.3) is 11.1 Å². The molecule has 1 aromatic carbocycles. The van der Waals surface area contributed by atoms with Crippen molar-refractivity contribution in [3.8, 4) is 5.75 Å². The van der Waals surface area contributed by atoms with Crippen molar-refractivity contribution < 1.29 is 14.3 Å². The first-order valence-electron chi connectivity index (χ1n) is 7.52. The van der Waals surface area contributed by atoms with Gasteiger partial charge in [0.2, 0.25) is 5.76 Å². The van der Waals surface area contributed by atoms with Crippen LogP contribution in [0.2, 0.25) is 0 Å². The van der Waals surface area contributed by atoms with Gasteiger partial charge in [0.1, 0.15) is 5.75 Å². The fourth-order valence-corrected chi connectivity index (χ4v) is 3.09. The predicted octanol–water partition coefficient (Wildman–Crippen LogP) is 2.92. The Morgan fingerprint density at radius 1 is 1.17 bits per heavy atom. The van der Waals surface area contributed by atoms with Gasteiger partial charge < -0.3 is 14.4 Å². The maximum atomic E-state index is 12.5. The average molecular weight is 330 g/mol. The zero-order valence-electron chi connectivity index (χ0n) is 13.3. The van der Waals surface area contributed by atoms with Crippen LogP contribution in [0.5, 0.6) is 5.75 Å². The third-order valence-electron chi connectivity index (χ3n) is 3.95. The van der Waals surface area contributed by atoms with Gasteiger partial charge in [-0.1, -0.05) is 6.08 Å². The Kier molecular flexibility index (Phi) is 4.09. The Bertz CT molecular complexity index is 739. The molecule has 1 fully saturated rings. The number of carbonyl (C=O) groups excluding carboxylic acids is 1. The quantitative estimate of drug-likeness (QED) is 0.630. The Labute approximate surface area is 140 Å². The number of fused-ring (bicyclic) bond motifs is 1. The van der Waals surface area contributed by atoms with Crippen LogP contribution in [0.25, 0.3) is 6.08 Å². The lowest BCUT2D eigenvalue weighted by molar-refractivity contribution is -0.122. The molecule has 6 heteroatoms. The molecule has 0 saturated carbocycles. The molecule has 0 radical (unpaired) electrons. The number of rotatable bonds is 3. The van der Waals surface area contributed by atoms with E-state index in [9.17, 15) is 4.79 Å². The van der Waals surface area contributed by atoms with E-state index in [1.165, 1.54) is 4.90 Å². The summed E-state index contributed by atoms with van der Waals surface area (Å²) in [7, 11) is 1.64. The lowest BCUT2D eigenvalue weighted by Gasteiger charge is -2.29. The molecule has 0 bridgehead atoms. The van der Waals surface area contributed by atoms with Crippen molar-refractivity contribution in [2.45, 2.75) is 13.8 Å². The number of hydrogen-bond acceptors (Lipinski definition) is 5. The summed E-state index contributed by atoms with van der Waals surface area (Å²) in [5.74, 6) is 0.899. The summed E-state index contributed by atoms with van der Waals surface area (Å²) in [6.45, 7) is 5.11. The van der Waals surface area contributed by atoms with Crippen LogP contribution < -0.4 is 9.64 Å². The number of likely N-dealkylation sites (N-methyl/N-ethyl adjacent to an activating group) is 2. The van der Waals surface area contributed by atoms with Gasteiger partial charge in [-0.15, -0.1) is 0 Å². The van der Waals surface area contributed by atoms with Gasteiger partial charge >= 0.3 is 0 Å². The van der Waals surface area contributed by atoms with Crippen molar-refractivity contribution in [3.63, 3.8) is 0 Å². The molecular weight excluding hydrogens is 312 g/mol. The highest BCUT2D eigenvalue weighted by molar-refractivity contribution is 7.80. The monoisotopic (exact) mass is 330 g/mol. The number of allylic oxidation sites excluding steroid dienone is 1. The minimum atomic E-state index is -0.187. The Morgan fingerprint density at radius 3 is 2.52 bits per heavy atom. The van der Waals surface area contributed by atoms with Crippen LogP contribution in [0, 0.1) is 0 Å². The molecule has 3 rings (SSSR count). The maximum Gasteiger partial charge on any atom is 0.299 e. The lowest BCUT2D eigenvalue weighted by atomic mass is 10.0. The van der Waals surface area contributed by atoms with Crippen molar-refractivity contribution in [2.24, 2.45) is 0 Å². The molecule has 0 atom stereocenters. The van der Waals surface area contributed by atoms with Gasteiger partial charge in [0, 0.05) is 24.3 Å². The first-order valence-corrected chi connectivity index (χ1v) is 7.93. The average Bonchev–Trinajstić information content (AvgIpc) is 2.86. The number of methoxy groups -OCH3 is 1. The van der Waals surface area contributed by atoms with Crippen molar-refractivity contribution in [1.29, 1.82) is 0 Å². The molecule has 2 aliphatic heterocycles. The third-order valence-corrected chi connectivity index (χ3v) is 4.26. The fourth-order valence-electron chi connectivity index (χ4n) is 2.79. The largest absolute Gasteiger partial charge is 0.497 e. The van der Waals surface area contributed by atoms with E-state index in [1.54, 1.807) is 7.11 Å². The second-order valence-electron chi connectivity index (χ2n) is 5.13. The fraction of sp³-hybridized carbons (Fsp3) is 0.294. The number of benzene rings is 1. The highest BCUT2D eigenvalue weighted by atomic mass is 32.1. The zero-order valence-corrected chi connectivity index (χ0v) is 14.1. The van der Waals surface area contributed by atoms with E-state index in [0.717, 1.165) is 22.7 Å². The summed E-state index contributed by atoms with van der Waals surface area (Å²) in [5.41, 5.74) is 2.78. The molecule has 2 aliphatic rings. The topological polar surface area (TPSA) is 42.0 Å². The van der Waals surface area contributed by atoms with Crippen LogP contribution >= 0.6 is 12.2 Å². The lowest BCUT2D eigenvalue weighted by Crippen LogP contribution is -2.30. The first kappa shape index (κ1) is 15.6. The molecule has 23 heavy (non-hydrogen) atoms. The van der Waals surface area contributed by atoms with Crippen LogP contribution in [0.4, 0.5) is 5.69 Å². The van der Waals surface area contributed by atoms with Crippen LogP contribution in [0.15, 0.2) is 35.7 Å². The van der Waals surface area contributed by atoms with Crippen molar-refractivity contribution in [2.75, 3.05) is 25.1 Å². The van der Waals surface area contributed by atoms with Crippen LogP contribution in [0.3, 0.4) is 0 Å². The van der Waals surface area contributed by atoms with Crippen molar-refractivity contribution in [3.05, 3.63) is 41.3 Å². The molecule has 0 N–H and O–H groups in total. The second kappa shape index (κ2) is 6.04. The molecule has 0 unspecified atom stereocenters. The second-order valence-corrected chi connectivity index (χ2v) is 5.48. The normalized spacial score (nSPS) is 20.0. The first-order chi connectivity index (χ1) is 11.1. The van der Waals surface area contributed by atoms with Crippen LogP contribution in [-0.2, 0) is 9.53 Å². The summed E-state index contributed by atoms with van der Waals surface area (Å²) in [6, 6.07) is 5.86. The van der Waals surface area contributed by atoms with Crippen LogP contribution in [-0.4, -0.2) is 36.2 Å². The van der Waals surface area contributed by atoms with E-state index in [2.05, 4.69) is 0 Å². The molecular formula is C17H18N2O3S. The van der Waals surface area contributed by atoms with Gasteiger partial charge in [0.15, 0.2) is 0 Å². The summed E-state index contributed by atoms with van der Waals surface area (Å²) >= 11 is 5.14. The molecule has 1 aromatic rings. The van der Waals surface area contributed by atoms with Crippen LogP contribution in [0.1, 0.15) is 19.4 Å². The summed E-state index contributed by atoms with van der Waals surface area (Å²) in [4.78, 5) is 16.0. The molecule has 1 saturated heterocycles. The minimum absolute atomic E-state index is 0.187. The number of hydrogen-bond donors (Lipinski definition) is 0. The number of ether oxygens (including phenoxy) is 2. The minimum Gasteiger partial charge on any atom is -0.497 e. The van der Waals surface area contributed by atoms with Crippen molar-refractivity contribution in [1.82, 2.24) is 4.90 Å². The Balaban J connectivity index is 2.08. The van der Waals surface area contributed by atoms with E-state index >= 15 is 0 Å². The number of anilines is 1. The Morgan fingerprint density at radius 2 is 1.91 bits per heavy atom. The van der Waals surface area contributed by atoms with Gasteiger partial charge in [0.05, 0.1) is 12.8 Å². The third kappa shape index (κ3) is 2.49. The van der Waals surface area contributed by atoms with E-state index in [0.29, 0.717) is 13.1 Å². The van der Waals surface area contributed by atoms with E-state index < -0.39 is 0 Å². The smallest absolute Gasteiger partial charge is 0.299 e. The zero-order chi connectivity index (χ0) is 16.6. The molecule has 2 heterocycles. The molecule has 120 valence electrons. The Hall–Kier alpha value is -2.34. The van der Waals surface area contributed by atoms with Crippen molar-refractivity contribution >= 4 is 35.1 Å². The SMILES string of the molecule is CCN1C(=O)/C(=C2/C=Cc3cc(OC)ccc3N2CC)OC1=S. The summed E-state index contributed by atoms with van der Waals surface area (Å²) in [6.07, 6.45) is 3.85. The molecule has 0 aromatic heterocycles. The van der Waals surface area contributed by atoms with Gasteiger partial charge in [-0.05, 0) is 50.3 Å². The standard InChI is InChI=1S/C17H18N2O3S/c1-4-18-13-9-7-12(21-3)10-11(13)6-8-14(18)15-16(20)19(5-2)17(23)22-15/h6-10H,4-5H2,1-3H3/b15-14+. The van der Waals surface area contributed by atoms with E-state index in [4.69, 9.17) is 21.7 Å². The van der Waals surface area contributed by atoms with E-state index in [1.807, 2.05) is 49.1 Å². The number of nitrogens with zero attached hydrogens (tertiary/aromatic N) is 2. The maximum absolute atomic E-state index is 12.5. The molecule has 1 amide bonds. The highest BCUT2D eigenvalue weighted by Gasteiger charge is 2.36. The molecule has 0 spiro atoms. The van der Waals surface area contributed by atoms with E-state index in [-0.39, 0.29) is 16.8 Å². The number of amides is 1. The summed E-state index contributed by atoms with van der Waals surface area (Å²) < 4.78 is 10.8. The number of carbonyl (C=O) groups is 1. The highest BCUT2D eigenvalue weighted by Crippen LogP contribution is 2.36. The predicted molar refractivity (Wildman–Crippen MR) is 93.1 cm³/mol. The van der Waals surface area contributed by atoms with Gasteiger partial charge in [-0.2, -0.15) is 0 Å². The van der Waals surface area contributed by atoms with Gasteiger partial charge in [-0.3, -0.25) is 9.69 Å². The molecule has 0 aliphatic carbocycles. The van der Waals surface area contributed by atoms with Gasteiger partial charge in [-0.25, -0.2) is 0 Å². The number of thiocarbonyl (C=S) groups is 1. The summed E-state index contributed by atoms with van der Waals surface area (Å²) in [5, 5.41) is 0.213. The molecule has 5 nitrogen and oxygen atoms in total.